The molecule has 3 rings (SSSR count). The van der Waals surface area contributed by atoms with Gasteiger partial charge in [0.05, 0.1) is 13.3 Å². The van der Waals surface area contributed by atoms with Crippen LogP contribution in [0.4, 0.5) is 11.4 Å². The molecule has 1 aliphatic heterocycles. The van der Waals surface area contributed by atoms with Gasteiger partial charge in [0.15, 0.2) is 5.11 Å². The Morgan fingerprint density at radius 3 is 2.57 bits per heavy atom. The first kappa shape index (κ1) is 20.5. The third-order valence-electron chi connectivity index (χ3n) is 4.61. The maximum Gasteiger partial charge on any atom is 0.261 e. The number of nitrogens with zero attached hydrogens (tertiary/aromatic N) is 3. The molecule has 1 aliphatic rings. The Labute approximate surface area is 177 Å². The molecule has 5 nitrogen and oxygen atoms in total. The van der Waals surface area contributed by atoms with Crippen LogP contribution in [0, 0.1) is 13.8 Å². The zero-order valence-corrected chi connectivity index (χ0v) is 18.1. The second-order valence-corrected chi connectivity index (χ2v) is 7.74. The lowest BCUT2D eigenvalue weighted by atomic mass is 10.1. The lowest BCUT2D eigenvalue weighted by Gasteiger charge is -2.43. The molecule has 148 valence electrons. The molecule has 2 aromatic rings. The van der Waals surface area contributed by atoms with E-state index in [-0.39, 0.29) is 0 Å². The third kappa shape index (κ3) is 5.19. The summed E-state index contributed by atoms with van der Waals surface area (Å²) in [6.07, 6.45) is 0. The topological polar surface area (TPSA) is 31.0 Å². The molecule has 1 saturated heterocycles. The molecule has 0 atom stereocenters. The first-order valence-corrected chi connectivity index (χ1v) is 10.1. The van der Waals surface area contributed by atoms with Gasteiger partial charge < -0.3 is 19.9 Å². The molecule has 28 heavy (non-hydrogen) atoms. The molecule has 0 aromatic heterocycles. The highest BCUT2D eigenvalue weighted by atomic mass is 32.1. The Morgan fingerprint density at radius 1 is 1.11 bits per heavy atom. The average molecular weight is 415 g/mol. The van der Waals surface area contributed by atoms with Crippen molar-refractivity contribution in [3.8, 4) is 0 Å². The minimum Gasteiger partial charge on any atom is -0.469 e. The van der Waals surface area contributed by atoms with Crippen molar-refractivity contribution in [3.63, 3.8) is 0 Å². The van der Waals surface area contributed by atoms with Crippen molar-refractivity contribution in [1.82, 2.24) is 9.80 Å². The quantitative estimate of drug-likeness (QED) is 0.741. The zero-order chi connectivity index (χ0) is 20.1. The van der Waals surface area contributed by atoms with Crippen LogP contribution >= 0.6 is 24.4 Å². The number of rotatable bonds is 5. The Kier molecular flexibility index (Phi) is 6.83. The highest BCUT2D eigenvalue weighted by Crippen LogP contribution is 2.24. The summed E-state index contributed by atoms with van der Waals surface area (Å²) in [6.45, 7) is 7.00. The first-order valence-electron chi connectivity index (χ1n) is 9.25. The molecular weight excluding hydrogens is 388 g/mol. The lowest BCUT2D eigenvalue weighted by molar-refractivity contribution is 0.152. The maximum absolute atomic E-state index is 5.70. The van der Waals surface area contributed by atoms with Crippen LogP contribution < -0.4 is 10.2 Å². The molecule has 0 bridgehead atoms. The lowest BCUT2D eigenvalue weighted by Crippen LogP contribution is -2.57. The fraction of sp³-hybridized carbons (Fsp3) is 0.333. The van der Waals surface area contributed by atoms with Gasteiger partial charge in [-0.2, -0.15) is 0 Å². The molecule has 1 fully saturated rings. The summed E-state index contributed by atoms with van der Waals surface area (Å²) < 4.78 is 5.70. The van der Waals surface area contributed by atoms with Crippen LogP contribution in [-0.2, 0) is 4.74 Å². The van der Waals surface area contributed by atoms with Crippen LogP contribution in [0.25, 0.3) is 0 Å². The fourth-order valence-electron chi connectivity index (χ4n) is 3.24. The van der Waals surface area contributed by atoms with Gasteiger partial charge in [0.2, 0.25) is 0 Å². The van der Waals surface area contributed by atoms with Crippen molar-refractivity contribution in [2.45, 2.75) is 13.8 Å². The van der Waals surface area contributed by atoms with Crippen molar-refractivity contribution < 1.29 is 4.74 Å². The van der Waals surface area contributed by atoms with Gasteiger partial charge in [0.1, 0.15) is 6.61 Å². The van der Waals surface area contributed by atoms with E-state index < -0.39 is 0 Å². The van der Waals surface area contributed by atoms with E-state index in [1.807, 2.05) is 37.4 Å². The Hall–Kier alpha value is -2.22. The van der Waals surface area contributed by atoms with Crippen molar-refractivity contribution in [1.29, 1.82) is 0 Å². The smallest absolute Gasteiger partial charge is 0.261 e. The summed E-state index contributed by atoms with van der Waals surface area (Å²) >= 11 is 10.9. The molecule has 1 heterocycles. The predicted molar refractivity (Wildman–Crippen MR) is 124 cm³/mol. The van der Waals surface area contributed by atoms with Crippen LogP contribution in [0.2, 0.25) is 0 Å². The first-order chi connectivity index (χ1) is 13.4. The molecule has 0 radical (unpaired) electrons. The summed E-state index contributed by atoms with van der Waals surface area (Å²) in [7, 11) is 2.02. The van der Waals surface area contributed by atoms with Gasteiger partial charge in [-0.25, -0.2) is 0 Å². The molecule has 1 N–H and O–H groups in total. The van der Waals surface area contributed by atoms with Gasteiger partial charge in [-0.3, -0.25) is 4.90 Å². The number of aryl methyl sites for hydroxylation is 2. The summed E-state index contributed by atoms with van der Waals surface area (Å²) in [6, 6.07) is 16.3. The predicted octanol–water partition coefficient (Wildman–Crippen LogP) is 3.97. The summed E-state index contributed by atoms with van der Waals surface area (Å²) in [5, 5.41) is 4.32. The number of benzene rings is 2. The van der Waals surface area contributed by atoms with E-state index in [1.54, 1.807) is 0 Å². The third-order valence-corrected chi connectivity index (χ3v) is 5.37. The maximum atomic E-state index is 5.70. The van der Waals surface area contributed by atoms with E-state index in [0.717, 1.165) is 36.4 Å². The number of hydrogen-bond donors (Lipinski definition) is 1. The highest BCUT2D eigenvalue weighted by molar-refractivity contribution is 7.80. The molecule has 0 aliphatic carbocycles. The van der Waals surface area contributed by atoms with Gasteiger partial charge in [-0.15, -0.1) is 0 Å². The van der Waals surface area contributed by atoms with Crippen molar-refractivity contribution in [2.75, 3.05) is 43.8 Å². The number of hydrogen-bond acceptors (Lipinski definition) is 4. The molecular formula is C21H26N4OS2. The molecule has 0 amide bonds. The van der Waals surface area contributed by atoms with E-state index in [4.69, 9.17) is 29.2 Å². The average Bonchev–Trinajstić information content (AvgIpc) is 2.65. The van der Waals surface area contributed by atoms with Crippen LogP contribution in [0.1, 0.15) is 11.1 Å². The van der Waals surface area contributed by atoms with Crippen LogP contribution in [0.5, 0.6) is 0 Å². The van der Waals surface area contributed by atoms with Gasteiger partial charge in [0, 0.05) is 25.0 Å². The van der Waals surface area contributed by atoms with Gasteiger partial charge in [0.25, 0.3) is 5.17 Å². The second kappa shape index (κ2) is 9.32. The van der Waals surface area contributed by atoms with Crippen LogP contribution in [0.15, 0.2) is 48.5 Å². The minimum atomic E-state index is 0.387. The van der Waals surface area contributed by atoms with Gasteiger partial charge in [-0.05, 0) is 62.0 Å². The molecule has 0 spiro atoms. The number of ether oxygens (including phenoxy) is 1. The van der Waals surface area contributed by atoms with E-state index in [9.17, 15) is 0 Å². The number of para-hydroxylation sites is 1. The monoisotopic (exact) mass is 414 g/mol. The second-order valence-electron chi connectivity index (χ2n) is 7.00. The largest absolute Gasteiger partial charge is 0.469 e. The molecule has 0 saturated carbocycles. The van der Waals surface area contributed by atoms with E-state index in [2.05, 4.69) is 52.1 Å². The van der Waals surface area contributed by atoms with Crippen molar-refractivity contribution in [3.05, 3.63) is 59.7 Å². The van der Waals surface area contributed by atoms with E-state index >= 15 is 0 Å². The molecule has 0 unspecified atom stereocenters. The standard InChI is InChI=1S/C21H26N4OS2/c1-16-9-10-19(17(2)13-16)25-15-24(14-23(3)21(25)28)11-12-26-20(27)22-18-7-5-4-6-8-18/h4-10,13H,11-12,14-15H2,1-3H3,(H,22,27). The number of anilines is 2. The number of thiocarbonyl (C=S) groups is 2. The normalized spacial score (nSPS) is 14.9. The van der Waals surface area contributed by atoms with E-state index in [0.29, 0.717) is 11.8 Å². The van der Waals surface area contributed by atoms with Crippen molar-refractivity contribution >= 4 is 46.1 Å². The minimum absolute atomic E-state index is 0.387. The highest BCUT2D eigenvalue weighted by Gasteiger charge is 2.26. The zero-order valence-electron chi connectivity index (χ0n) is 16.5. The van der Waals surface area contributed by atoms with Crippen molar-refractivity contribution in [2.24, 2.45) is 0 Å². The summed E-state index contributed by atoms with van der Waals surface area (Å²) in [4.78, 5) is 6.55. The molecule has 2 aromatic carbocycles. The Balaban J connectivity index is 1.55. The molecule has 7 heteroatoms. The van der Waals surface area contributed by atoms with Gasteiger partial charge in [-0.1, -0.05) is 35.9 Å². The van der Waals surface area contributed by atoms with Crippen LogP contribution in [-0.4, -0.2) is 53.6 Å². The summed E-state index contributed by atoms with van der Waals surface area (Å²) in [5.41, 5.74) is 4.55. The number of nitrogens with one attached hydrogen (secondary N) is 1. The SMILES string of the molecule is Cc1ccc(N2CN(CCOC(=S)Nc3ccccc3)CN(C)C2=S)c(C)c1. The van der Waals surface area contributed by atoms with Crippen LogP contribution in [0.3, 0.4) is 0 Å². The van der Waals surface area contributed by atoms with Gasteiger partial charge >= 0.3 is 0 Å². The fourth-order valence-corrected chi connectivity index (χ4v) is 3.66. The Morgan fingerprint density at radius 2 is 1.86 bits per heavy atom. The van der Waals surface area contributed by atoms with E-state index in [1.165, 1.54) is 11.1 Å². The summed E-state index contributed by atoms with van der Waals surface area (Å²) in [5.74, 6) is 0. The Bertz CT molecular complexity index is 844.